The van der Waals surface area contributed by atoms with Gasteiger partial charge in [-0.05, 0) is 26.8 Å². The quantitative estimate of drug-likeness (QED) is 0.832. The molecule has 6 nitrogen and oxygen atoms in total. The molecule has 0 aliphatic heterocycles. The van der Waals surface area contributed by atoms with Crippen molar-refractivity contribution in [2.45, 2.75) is 32.9 Å². The van der Waals surface area contributed by atoms with Crippen LogP contribution in [-0.2, 0) is 0 Å². The Bertz CT molecular complexity index is 499. The molecule has 1 aromatic carbocycles. The Morgan fingerprint density at radius 2 is 2.05 bits per heavy atom. The summed E-state index contributed by atoms with van der Waals surface area (Å²) in [5.41, 5.74) is 1.12. The van der Waals surface area contributed by atoms with E-state index in [-0.39, 0.29) is 12.1 Å². The number of hydrogen-bond donors (Lipinski definition) is 2. The average molecular weight is 261 g/mol. The Kier molecular flexibility index (Phi) is 4.46. The molecule has 0 fully saturated rings. The first-order chi connectivity index (χ1) is 9.22. The van der Waals surface area contributed by atoms with Gasteiger partial charge in [-0.15, -0.1) is 10.2 Å². The summed E-state index contributed by atoms with van der Waals surface area (Å²) >= 11 is 0. The smallest absolute Gasteiger partial charge is 0.191 e. The fourth-order valence-electron chi connectivity index (χ4n) is 2.02. The van der Waals surface area contributed by atoms with E-state index < -0.39 is 0 Å². The molecule has 1 aromatic heterocycles. The molecule has 0 amide bonds. The number of aromatic amines is 1. The fourth-order valence-corrected chi connectivity index (χ4v) is 2.02. The number of hydrogen-bond acceptors (Lipinski definition) is 5. The van der Waals surface area contributed by atoms with E-state index in [1.807, 2.05) is 32.0 Å². The second-order valence-electron chi connectivity index (χ2n) is 4.35. The third kappa shape index (κ3) is 3.29. The van der Waals surface area contributed by atoms with Crippen LogP contribution >= 0.6 is 0 Å². The molecule has 0 spiro atoms. The highest BCUT2D eigenvalue weighted by Crippen LogP contribution is 2.26. The Morgan fingerprint density at radius 3 is 2.74 bits per heavy atom. The van der Waals surface area contributed by atoms with Crippen LogP contribution in [0.3, 0.4) is 0 Å². The van der Waals surface area contributed by atoms with E-state index in [1.165, 1.54) is 0 Å². The number of ether oxygens (including phenoxy) is 1. The summed E-state index contributed by atoms with van der Waals surface area (Å²) in [6, 6.07) is 8.18. The predicted octanol–water partition coefficient (Wildman–Crippen LogP) is 2.01. The monoisotopic (exact) mass is 261 g/mol. The molecule has 102 valence electrons. The number of aromatic nitrogens is 4. The molecule has 2 N–H and O–H groups in total. The molecule has 19 heavy (non-hydrogen) atoms. The van der Waals surface area contributed by atoms with E-state index in [0.717, 1.165) is 11.3 Å². The minimum atomic E-state index is 0.0171. The maximum absolute atomic E-state index is 5.64. The van der Waals surface area contributed by atoms with Crippen molar-refractivity contribution in [3.8, 4) is 5.75 Å². The highest BCUT2D eigenvalue weighted by atomic mass is 16.5. The van der Waals surface area contributed by atoms with Gasteiger partial charge < -0.3 is 10.1 Å². The van der Waals surface area contributed by atoms with Crippen molar-refractivity contribution in [1.29, 1.82) is 0 Å². The number of benzene rings is 1. The lowest BCUT2D eigenvalue weighted by atomic mass is 10.1. The van der Waals surface area contributed by atoms with Crippen molar-refractivity contribution in [3.05, 3.63) is 35.7 Å². The van der Waals surface area contributed by atoms with Crippen molar-refractivity contribution in [3.63, 3.8) is 0 Å². The zero-order chi connectivity index (χ0) is 13.7. The van der Waals surface area contributed by atoms with Crippen LogP contribution in [0, 0.1) is 0 Å². The van der Waals surface area contributed by atoms with Crippen LogP contribution in [0.1, 0.15) is 44.2 Å². The van der Waals surface area contributed by atoms with Gasteiger partial charge in [0.2, 0.25) is 0 Å². The van der Waals surface area contributed by atoms with Gasteiger partial charge in [-0.3, -0.25) is 0 Å². The van der Waals surface area contributed by atoms with Crippen molar-refractivity contribution < 1.29 is 4.74 Å². The summed E-state index contributed by atoms with van der Waals surface area (Å²) in [4.78, 5) is 0. The molecule has 6 heteroatoms. The summed E-state index contributed by atoms with van der Waals surface area (Å²) in [7, 11) is 0. The van der Waals surface area contributed by atoms with E-state index >= 15 is 0 Å². The highest BCUT2D eigenvalue weighted by Gasteiger charge is 2.16. The minimum absolute atomic E-state index is 0.0171. The lowest BCUT2D eigenvalue weighted by molar-refractivity contribution is 0.330. The zero-order valence-corrected chi connectivity index (χ0v) is 11.4. The molecule has 2 rings (SSSR count). The Hall–Kier alpha value is -1.95. The fraction of sp³-hybridized carbons (Fsp3) is 0.462. The summed E-state index contributed by atoms with van der Waals surface area (Å²) in [5, 5.41) is 17.4. The molecule has 2 aromatic rings. The number of nitrogens with zero attached hydrogens (tertiary/aromatic N) is 3. The van der Waals surface area contributed by atoms with E-state index in [4.69, 9.17) is 4.74 Å². The number of nitrogens with one attached hydrogen (secondary N) is 2. The second-order valence-corrected chi connectivity index (χ2v) is 4.35. The lowest BCUT2D eigenvalue weighted by Gasteiger charge is -2.20. The Labute approximate surface area is 112 Å². The third-order valence-electron chi connectivity index (χ3n) is 2.93. The molecule has 0 aliphatic carbocycles. The van der Waals surface area contributed by atoms with Crippen molar-refractivity contribution in [2.24, 2.45) is 0 Å². The van der Waals surface area contributed by atoms with Crippen molar-refractivity contribution in [2.75, 3.05) is 6.61 Å². The van der Waals surface area contributed by atoms with Crippen LogP contribution in [0.2, 0.25) is 0 Å². The first-order valence-corrected chi connectivity index (χ1v) is 6.43. The second kappa shape index (κ2) is 6.29. The van der Waals surface area contributed by atoms with Gasteiger partial charge in [0.15, 0.2) is 5.82 Å². The lowest BCUT2D eigenvalue weighted by Crippen LogP contribution is -2.24. The minimum Gasteiger partial charge on any atom is -0.494 e. The highest BCUT2D eigenvalue weighted by molar-refractivity contribution is 5.35. The maximum atomic E-state index is 5.64. The van der Waals surface area contributed by atoms with E-state index in [2.05, 4.69) is 38.9 Å². The zero-order valence-electron chi connectivity index (χ0n) is 11.4. The average Bonchev–Trinajstić information content (AvgIpc) is 2.93. The number of para-hydroxylation sites is 1. The van der Waals surface area contributed by atoms with Crippen molar-refractivity contribution >= 4 is 0 Å². The van der Waals surface area contributed by atoms with Crippen LogP contribution in [-0.4, -0.2) is 27.2 Å². The van der Waals surface area contributed by atoms with Crippen LogP contribution in [0.15, 0.2) is 24.3 Å². The number of H-pyrrole nitrogens is 1. The van der Waals surface area contributed by atoms with Crippen LogP contribution < -0.4 is 10.1 Å². The SMILES string of the molecule is CCOc1ccccc1C(C)NC(C)c1nn[nH]n1. The van der Waals surface area contributed by atoms with Crippen LogP contribution in [0.25, 0.3) is 0 Å². The summed E-state index contributed by atoms with van der Waals surface area (Å²) < 4.78 is 5.64. The predicted molar refractivity (Wildman–Crippen MR) is 71.8 cm³/mol. The molecule has 0 saturated heterocycles. The Balaban J connectivity index is 2.09. The molecule has 0 bridgehead atoms. The Morgan fingerprint density at radius 1 is 1.26 bits per heavy atom. The number of tetrazole rings is 1. The van der Waals surface area contributed by atoms with Gasteiger partial charge in [0.05, 0.1) is 12.6 Å². The van der Waals surface area contributed by atoms with Gasteiger partial charge in [-0.25, -0.2) is 0 Å². The molecular weight excluding hydrogens is 242 g/mol. The van der Waals surface area contributed by atoms with Gasteiger partial charge in [0.1, 0.15) is 5.75 Å². The summed E-state index contributed by atoms with van der Waals surface area (Å²) in [6.45, 7) is 6.74. The first kappa shape index (κ1) is 13.5. The molecule has 2 unspecified atom stereocenters. The normalized spacial score (nSPS) is 14.1. The maximum Gasteiger partial charge on any atom is 0.191 e. The topological polar surface area (TPSA) is 75.7 Å². The van der Waals surface area contributed by atoms with Gasteiger partial charge in [-0.2, -0.15) is 5.21 Å². The number of rotatable bonds is 6. The molecule has 2 atom stereocenters. The van der Waals surface area contributed by atoms with Gasteiger partial charge in [-0.1, -0.05) is 23.4 Å². The van der Waals surface area contributed by atoms with Crippen LogP contribution in [0.5, 0.6) is 5.75 Å². The third-order valence-corrected chi connectivity index (χ3v) is 2.93. The first-order valence-electron chi connectivity index (χ1n) is 6.43. The molecule has 0 radical (unpaired) electrons. The van der Waals surface area contributed by atoms with E-state index in [0.29, 0.717) is 12.4 Å². The summed E-state index contributed by atoms with van der Waals surface area (Å²) in [5.74, 6) is 1.56. The van der Waals surface area contributed by atoms with Gasteiger partial charge >= 0.3 is 0 Å². The van der Waals surface area contributed by atoms with E-state index in [9.17, 15) is 0 Å². The molecular formula is C13H19N5O. The van der Waals surface area contributed by atoms with Gasteiger partial charge in [0, 0.05) is 11.6 Å². The standard InChI is InChI=1S/C13H19N5O/c1-4-19-12-8-6-5-7-11(12)9(2)14-10(3)13-15-17-18-16-13/h5-10,14H,4H2,1-3H3,(H,15,16,17,18). The van der Waals surface area contributed by atoms with Crippen LogP contribution in [0.4, 0.5) is 0 Å². The van der Waals surface area contributed by atoms with Crippen molar-refractivity contribution in [1.82, 2.24) is 25.9 Å². The summed E-state index contributed by atoms with van der Waals surface area (Å²) in [6.07, 6.45) is 0. The van der Waals surface area contributed by atoms with Gasteiger partial charge in [0.25, 0.3) is 0 Å². The molecule has 1 heterocycles. The largest absolute Gasteiger partial charge is 0.494 e. The van der Waals surface area contributed by atoms with E-state index in [1.54, 1.807) is 0 Å². The molecule has 0 aliphatic rings. The molecule has 0 saturated carbocycles.